The lowest BCUT2D eigenvalue weighted by Gasteiger charge is -2.37. The maximum Gasteiger partial charge on any atom is 0.251 e. The van der Waals surface area contributed by atoms with Gasteiger partial charge in [0.25, 0.3) is 5.91 Å². The van der Waals surface area contributed by atoms with Gasteiger partial charge in [0, 0.05) is 18.7 Å². The standard InChI is InChI=1S/C20H31NO3/c1-20(2,3)16-7-9-17(10-8-16)21-19(22)15-5-11-18(12-6-15)24-14-13-23-4/h5-6,11-12,16-17H,7-10,13-14H2,1-4H3,(H,21,22). The fourth-order valence-corrected chi connectivity index (χ4v) is 3.32. The average Bonchev–Trinajstić information content (AvgIpc) is 2.55. The molecule has 0 aliphatic heterocycles. The van der Waals surface area contributed by atoms with Gasteiger partial charge in [-0.1, -0.05) is 20.8 Å². The molecule has 0 radical (unpaired) electrons. The Hall–Kier alpha value is -1.55. The summed E-state index contributed by atoms with van der Waals surface area (Å²) >= 11 is 0. The lowest BCUT2D eigenvalue weighted by molar-refractivity contribution is 0.0904. The van der Waals surface area contributed by atoms with Crippen molar-refractivity contribution in [2.75, 3.05) is 20.3 Å². The van der Waals surface area contributed by atoms with Gasteiger partial charge in [-0.25, -0.2) is 0 Å². The van der Waals surface area contributed by atoms with Gasteiger partial charge >= 0.3 is 0 Å². The first kappa shape index (κ1) is 18.8. The van der Waals surface area contributed by atoms with E-state index in [0.29, 0.717) is 30.2 Å². The van der Waals surface area contributed by atoms with Crippen LogP contribution in [0.2, 0.25) is 0 Å². The molecule has 0 aromatic heterocycles. The molecule has 1 aromatic carbocycles. The first-order chi connectivity index (χ1) is 11.4. The van der Waals surface area contributed by atoms with Crippen molar-refractivity contribution >= 4 is 5.91 Å². The summed E-state index contributed by atoms with van der Waals surface area (Å²) in [5.74, 6) is 1.53. The zero-order valence-electron chi connectivity index (χ0n) is 15.4. The first-order valence-electron chi connectivity index (χ1n) is 8.93. The van der Waals surface area contributed by atoms with E-state index in [2.05, 4.69) is 26.1 Å². The molecule has 0 spiro atoms. The number of hydrogen-bond acceptors (Lipinski definition) is 3. The van der Waals surface area contributed by atoms with E-state index in [1.165, 1.54) is 12.8 Å². The molecular formula is C20H31NO3. The molecule has 1 saturated carbocycles. The van der Waals surface area contributed by atoms with Gasteiger partial charge in [-0.15, -0.1) is 0 Å². The van der Waals surface area contributed by atoms with Gasteiger partial charge in [0.2, 0.25) is 0 Å². The molecule has 1 fully saturated rings. The van der Waals surface area contributed by atoms with Crippen molar-refractivity contribution in [2.45, 2.75) is 52.5 Å². The van der Waals surface area contributed by atoms with Gasteiger partial charge in [0.1, 0.15) is 12.4 Å². The minimum absolute atomic E-state index is 0.0117. The normalized spacial score (nSPS) is 21.3. The third kappa shape index (κ3) is 5.52. The molecule has 1 aliphatic rings. The van der Waals surface area contributed by atoms with Crippen molar-refractivity contribution in [3.05, 3.63) is 29.8 Å². The van der Waals surface area contributed by atoms with E-state index < -0.39 is 0 Å². The van der Waals surface area contributed by atoms with Crippen LogP contribution in [0.4, 0.5) is 0 Å². The largest absolute Gasteiger partial charge is 0.491 e. The van der Waals surface area contributed by atoms with Crippen LogP contribution in [0.3, 0.4) is 0 Å². The van der Waals surface area contributed by atoms with E-state index in [-0.39, 0.29) is 5.91 Å². The van der Waals surface area contributed by atoms with Gasteiger partial charge < -0.3 is 14.8 Å². The van der Waals surface area contributed by atoms with Crippen molar-refractivity contribution in [1.29, 1.82) is 0 Å². The van der Waals surface area contributed by atoms with Crippen molar-refractivity contribution in [1.82, 2.24) is 5.32 Å². The average molecular weight is 333 g/mol. The fraction of sp³-hybridized carbons (Fsp3) is 0.650. The zero-order chi connectivity index (χ0) is 17.6. The molecule has 0 saturated heterocycles. The lowest BCUT2D eigenvalue weighted by Crippen LogP contribution is -2.39. The predicted molar refractivity (Wildman–Crippen MR) is 96.5 cm³/mol. The van der Waals surface area contributed by atoms with Gasteiger partial charge in [-0.05, 0) is 61.3 Å². The predicted octanol–water partition coefficient (Wildman–Crippen LogP) is 4.05. The van der Waals surface area contributed by atoms with E-state index >= 15 is 0 Å². The molecule has 0 heterocycles. The number of rotatable bonds is 6. The maximum absolute atomic E-state index is 12.4. The van der Waals surface area contributed by atoms with Gasteiger partial charge in [-0.3, -0.25) is 4.79 Å². The molecular weight excluding hydrogens is 302 g/mol. The maximum atomic E-state index is 12.4. The highest BCUT2D eigenvalue weighted by atomic mass is 16.5. The Balaban J connectivity index is 1.80. The molecule has 0 unspecified atom stereocenters. The molecule has 4 heteroatoms. The minimum atomic E-state index is 0.0117. The highest BCUT2D eigenvalue weighted by Crippen LogP contribution is 2.37. The Morgan fingerprint density at radius 3 is 2.25 bits per heavy atom. The quantitative estimate of drug-likeness (QED) is 0.799. The highest BCUT2D eigenvalue weighted by Gasteiger charge is 2.30. The molecule has 1 amide bonds. The molecule has 4 nitrogen and oxygen atoms in total. The van der Waals surface area contributed by atoms with Crippen molar-refractivity contribution in [3.8, 4) is 5.75 Å². The third-order valence-corrected chi connectivity index (χ3v) is 4.96. The molecule has 1 aliphatic carbocycles. The fourth-order valence-electron chi connectivity index (χ4n) is 3.32. The Morgan fingerprint density at radius 2 is 1.71 bits per heavy atom. The molecule has 24 heavy (non-hydrogen) atoms. The number of hydrogen-bond donors (Lipinski definition) is 1. The minimum Gasteiger partial charge on any atom is -0.491 e. The summed E-state index contributed by atoms with van der Waals surface area (Å²) in [5.41, 5.74) is 1.06. The van der Waals surface area contributed by atoms with Crippen molar-refractivity contribution in [2.24, 2.45) is 11.3 Å². The first-order valence-corrected chi connectivity index (χ1v) is 8.93. The van der Waals surface area contributed by atoms with E-state index in [9.17, 15) is 4.79 Å². The second-order valence-electron chi connectivity index (χ2n) is 7.75. The van der Waals surface area contributed by atoms with Crippen LogP contribution in [0.25, 0.3) is 0 Å². The van der Waals surface area contributed by atoms with Gasteiger partial charge in [0.05, 0.1) is 6.61 Å². The highest BCUT2D eigenvalue weighted by molar-refractivity contribution is 5.94. The summed E-state index contributed by atoms with van der Waals surface area (Å²) in [6.45, 7) is 8.01. The number of ether oxygens (including phenoxy) is 2. The number of nitrogens with one attached hydrogen (secondary N) is 1. The van der Waals surface area contributed by atoms with Crippen LogP contribution in [-0.4, -0.2) is 32.3 Å². The molecule has 2 rings (SSSR count). The van der Waals surface area contributed by atoms with Crippen LogP contribution in [0.5, 0.6) is 5.75 Å². The topological polar surface area (TPSA) is 47.6 Å². The summed E-state index contributed by atoms with van der Waals surface area (Å²) in [4.78, 5) is 12.4. The zero-order valence-corrected chi connectivity index (χ0v) is 15.4. The summed E-state index contributed by atoms with van der Waals surface area (Å²) in [6.07, 6.45) is 4.54. The van der Waals surface area contributed by atoms with Crippen molar-refractivity contribution in [3.63, 3.8) is 0 Å². The second kappa shape index (κ2) is 8.52. The smallest absolute Gasteiger partial charge is 0.251 e. The number of amides is 1. The third-order valence-electron chi connectivity index (χ3n) is 4.96. The Kier molecular flexibility index (Phi) is 6.67. The van der Waals surface area contributed by atoms with E-state index in [4.69, 9.17) is 9.47 Å². The monoisotopic (exact) mass is 333 g/mol. The van der Waals surface area contributed by atoms with Crippen LogP contribution in [0.15, 0.2) is 24.3 Å². The lowest BCUT2D eigenvalue weighted by atomic mass is 9.71. The summed E-state index contributed by atoms with van der Waals surface area (Å²) in [5, 5.41) is 3.18. The number of methoxy groups -OCH3 is 1. The Morgan fingerprint density at radius 1 is 1.08 bits per heavy atom. The molecule has 134 valence electrons. The van der Waals surface area contributed by atoms with Crippen LogP contribution in [-0.2, 0) is 4.74 Å². The second-order valence-corrected chi connectivity index (χ2v) is 7.75. The molecule has 0 atom stereocenters. The summed E-state index contributed by atoms with van der Waals surface area (Å²) < 4.78 is 10.5. The van der Waals surface area contributed by atoms with Crippen LogP contribution < -0.4 is 10.1 Å². The SMILES string of the molecule is COCCOc1ccc(C(=O)NC2CCC(C(C)(C)C)CC2)cc1. The van der Waals surface area contributed by atoms with Gasteiger partial charge in [-0.2, -0.15) is 0 Å². The molecule has 1 N–H and O–H groups in total. The Bertz CT molecular complexity index is 511. The number of benzene rings is 1. The summed E-state index contributed by atoms with van der Waals surface area (Å²) in [6, 6.07) is 7.60. The Labute approximate surface area is 145 Å². The van der Waals surface area contributed by atoms with Gasteiger partial charge in [0.15, 0.2) is 0 Å². The number of carbonyl (C=O) groups excluding carboxylic acids is 1. The summed E-state index contributed by atoms with van der Waals surface area (Å²) in [7, 11) is 1.64. The van der Waals surface area contributed by atoms with Crippen LogP contribution in [0, 0.1) is 11.3 Å². The van der Waals surface area contributed by atoms with Crippen LogP contribution in [0.1, 0.15) is 56.8 Å². The van der Waals surface area contributed by atoms with E-state index in [1.54, 1.807) is 7.11 Å². The number of carbonyl (C=O) groups is 1. The van der Waals surface area contributed by atoms with E-state index in [1.807, 2.05) is 24.3 Å². The van der Waals surface area contributed by atoms with Crippen LogP contribution >= 0.6 is 0 Å². The van der Waals surface area contributed by atoms with E-state index in [0.717, 1.165) is 24.5 Å². The molecule has 1 aromatic rings. The molecule has 0 bridgehead atoms. The van der Waals surface area contributed by atoms with Crippen molar-refractivity contribution < 1.29 is 14.3 Å².